The number of nitrogens with zero attached hydrogens (tertiary/aromatic N) is 4. The maximum atomic E-state index is 12.2. The second-order valence-corrected chi connectivity index (χ2v) is 6.36. The molecule has 0 atom stereocenters. The maximum Gasteiger partial charge on any atom is 0.227 e. The molecule has 0 aliphatic heterocycles. The average Bonchev–Trinajstić information content (AvgIpc) is 3.08. The summed E-state index contributed by atoms with van der Waals surface area (Å²) in [6.07, 6.45) is 2.02. The highest BCUT2D eigenvalue weighted by atomic mass is 35.5. The first-order valence-corrected chi connectivity index (χ1v) is 8.47. The fraction of sp³-hybridized carbons (Fsp3) is 0.278. The molecule has 2 heterocycles. The molecule has 0 fully saturated rings. The lowest BCUT2D eigenvalue weighted by Gasteiger charge is -2.05. The van der Waals surface area contributed by atoms with E-state index < -0.39 is 0 Å². The molecular weight excluding hydrogens is 338 g/mol. The molecule has 3 aromatic rings. The summed E-state index contributed by atoms with van der Waals surface area (Å²) in [4.78, 5) is 12.2. The van der Waals surface area contributed by atoms with E-state index in [2.05, 4.69) is 15.5 Å². The van der Waals surface area contributed by atoms with Gasteiger partial charge in [0, 0.05) is 24.9 Å². The summed E-state index contributed by atoms with van der Waals surface area (Å²) < 4.78 is 3.54. The number of aromatic nitrogens is 4. The SMILES string of the molecule is Cc1cc(C)n(CCC(=O)Nc2nn(Cc3ccccc3)cc2Cl)n1. The molecule has 130 valence electrons. The van der Waals surface area contributed by atoms with Gasteiger partial charge in [0.15, 0.2) is 5.82 Å². The minimum absolute atomic E-state index is 0.139. The molecule has 0 bridgehead atoms. The quantitative estimate of drug-likeness (QED) is 0.735. The second kappa shape index (κ2) is 7.53. The van der Waals surface area contributed by atoms with E-state index in [1.807, 2.05) is 54.9 Å². The normalized spacial score (nSPS) is 10.8. The smallest absolute Gasteiger partial charge is 0.227 e. The zero-order valence-corrected chi connectivity index (χ0v) is 15.0. The summed E-state index contributed by atoms with van der Waals surface area (Å²) in [5, 5.41) is 11.9. The van der Waals surface area contributed by atoms with Gasteiger partial charge in [-0.15, -0.1) is 0 Å². The molecule has 0 unspecified atom stereocenters. The van der Waals surface area contributed by atoms with Crippen molar-refractivity contribution in [3.05, 3.63) is 64.6 Å². The van der Waals surface area contributed by atoms with Crippen LogP contribution in [0.5, 0.6) is 0 Å². The molecule has 1 aromatic carbocycles. The fourth-order valence-corrected chi connectivity index (χ4v) is 2.83. The first-order valence-electron chi connectivity index (χ1n) is 8.09. The van der Waals surface area contributed by atoms with Crippen LogP contribution in [-0.2, 0) is 17.9 Å². The van der Waals surface area contributed by atoms with Crippen LogP contribution < -0.4 is 5.32 Å². The van der Waals surface area contributed by atoms with Gasteiger partial charge in [-0.05, 0) is 25.5 Å². The molecule has 25 heavy (non-hydrogen) atoms. The van der Waals surface area contributed by atoms with Crippen molar-refractivity contribution >= 4 is 23.3 Å². The molecule has 3 rings (SSSR count). The summed E-state index contributed by atoms with van der Waals surface area (Å²) in [5.41, 5.74) is 3.10. The number of anilines is 1. The molecular formula is C18H20ClN5O. The average molecular weight is 358 g/mol. The summed E-state index contributed by atoms with van der Waals surface area (Å²) in [7, 11) is 0. The fourth-order valence-electron chi connectivity index (χ4n) is 2.64. The summed E-state index contributed by atoms with van der Waals surface area (Å²) >= 11 is 6.19. The van der Waals surface area contributed by atoms with Crippen molar-refractivity contribution in [2.75, 3.05) is 5.32 Å². The van der Waals surface area contributed by atoms with E-state index in [0.717, 1.165) is 17.0 Å². The van der Waals surface area contributed by atoms with Crippen LogP contribution in [0.3, 0.4) is 0 Å². The predicted molar refractivity (Wildman–Crippen MR) is 97.7 cm³/mol. The van der Waals surface area contributed by atoms with Gasteiger partial charge in [0.05, 0.1) is 12.2 Å². The largest absolute Gasteiger partial charge is 0.308 e. The number of carbonyl (C=O) groups excluding carboxylic acids is 1. The second-order valence-electron chi connectivity index (χ2n) is 5.96. The monoisotopic (exact) mass is 357 g/mol. The van der Waals surface area contributed by atoms with E-state index in [4.69, 9.17) is 11.6 Å². The number of benzene rings is 1. The van der Waals surface area contributed by atoms with Crippen molar-refractivity contribution in [2.45, 2.75) is 33.4 Å². The minimum atomic E-state index is -0.139. The van der Waals surface area contributed by atoms with Gasteiger partial charge in [0.1, 0.15) is 5.02 Å². The molecule has 0 aliphatic rings. The topological polar surface area (TPSA) is 64.7 Å². The van der Waals surface area contributed by atoms with E-state index in [0.29, 0.717) is 30.4 Å². The Labute approximate surface area is 151 Å². The van der Waals surface area contributed by atoms with Crippen molar-refractivity contribution in [1.29, 1.82) is 0 Å². The van der Waals surface area contributed by atoms with Crippen LogP contribution >= 0.6 is 11.6 Å². The van der Waals surface area contributed by atoms with E-state index in [-0.39, 0.29) is 5.91 Å². The number of nitrogens with one attached hydrogen (secondary N) is 1. The number of carbonyl (C=O) groups is 1. The molecule has 7 heteroatoms. The lowest BCUT2D eigenvalue weighted by molar-refractivity contribution is -0.116. The van der Waals surface area contributed by atoms with E-state index in [1.165, 1.54) is 0 Å². The van der Waals surface area contributed by atoms with E-state index in [9.17, 15) is 4.79 Å². The minimum Gasteiger partial charge on any atom is -0.308 e. The molecule has 2 aromatic heterocycles. The molecule has 1 N–H and O–H groups in total. The Morgan fingerprint density at radius 2 is 1.96 bits per heavy atom. The molecule has 0 aliphatic carbocycles. The number of hydrogen-bond acceptors (Lipinski definition) is 3. The summed E-state index contributed by atoms with van der Waals surface area (Å²) in [6.45, 7) is 5.03. The Balaban J connectivity index is 1.59. The Morgan fingerprint density at radius 1 is 1.20 bits per heavy atom. The van der Waals surface area contributed by atoms with Gasteiger partial charge in [0.2, 0.25) is 5.91 Å². The zero-order valence-electron chi connectivity index (χ0n) is 14.2. The first-order chi connectivity index (χ1) is 12.0. The number of aryl methyl sites for hydroxylation is 3. The van der Waals surface area contributed by atoms with Crippen molar-refractivity contribution in [1.82, 2.24) is 19.6 Å². The summed E-state index contributed by atoms with van der Waals surface area (Å²) in [6, 6.07) is 11.9. The molecule has 0 spiro atoms. The predicted octanol–water partition coefficient (Wildman–Crippen LogP) is 3.43. The van der Waals surface area contributed by atoms with Crippen LogP contribution in [0.25, 0.3) is 0 Å². The van der Waals surface area contributed by atoms with Gasteiger partial charge in [-0.25, -0.2) is 0 Å². The van der Waals surface area contributed by atoms with Gasteiger partial charge < -0.3 is 5.32 Å². The standard InChI is InChI=1S/C18H20ClN5O/c1-13-10-14(2)24(21-13)9-8-17(25)20-18-16(19)12-23(22-18)11-15-6-4-3-5-7-15/h3-7,10,12H,8-9,11H2,1-2H3,(H,20,22,25). The molecule has 6 nitrogen and oxygen atoms in total. The Morgan fingerprint density at radius 3 is 2.64 bits per heavy atom. The Hall–Kier alpha value is -2.60. The van der Waals surface area contributed by atoms with Gasteiger partial charge in [-0.1, -0.05) is 41.9 Å². The molecule has 1 amide bonds. The third kappa shape index (κ3) is 4.48. The van der Waals surface area contributed by atoms with Gasteiger partial charge in [-0.3, -0.25) is 14.2 Å². The van der Waals surface area contributed by atoms with Gasteiger partial charge in [-0.2, -0.15) is 10.2 Å². The number of amides is 1. The highest BCUT2D eigenvalue weighted by Gasteiger charge is 2.12. The number of rotatable bonds is 6. The van der Waals surface area contributed by atoms with Crippen LogP contribution in [0.2, 0.25) is 5.02 Å². The Bertz CT molecular complexity index is 869. The van der Waals surface area contributed by atoms with Crippen LogP contribution in [-0.4, -0.2) is 25.5 Å². The molecule has 0 radical (unpaired) electrons. The lowest BCUT2D eigenvalue weighted by Crippen LogP contribution is -2.16. The molecule has 0 saturated heterocycles. The first kappa shape index (κ1) is 17.2. The highest BCUT2D eigenvalue weighted by molar-refractivity contribution is 6.33. The van der Waals surface area contributed by atoms with Gasteiger partial charge in [0.25, 0.3) is 0 Å². The van der Waals surface area contributed by atoms with Crippen molar-refractivity contribution < 1.29 is 4.79 Å². The van der Waals surface area contributed by atoms with Crippen molar-refractivity contribution in [3.63, 3.8) is 0 Å². The maximum absolute atomic E-state index is 12.2. The lowest BCUT2D eigenvalue weighted by atomic mass is 10.2. The number of hydrogen-bond donors (Lipinski definition) is 1. The third-order valence-corrected chi connectivity index (χ3v) is 4.09. The van der Waals surface area contributed by atoms with Crippen molar-refractivity contribution in [3.8, 4) is 0 Å². The van der Waals surface area contributed by atoms with E-state index in [1.54, 1.807) is 10.9 Å². The third-order valence-electron chi connectivity index (χ3n) is 3.82. The zero-order chi connectivity index (χ0) is 17.8. The van der Waals surface area contributed by atoms with Crippen LogP contribution in [0.15, 0.2) is 42.6 Å². The van der Waals surface area contributed by atoms with E-state index >= 15 is 0 Å². The van der Waals surface area contributed by atoms with Crippen LogP contribution in [0.4, 0.5) is 5.82 Å². The van der Waals surface area contributed by atoms with Crippen molar-refractivity contribution in [2.24, 2.45) is 0 Å². The van der Waals surface area contributed by atoms with Gasteiger partial charge >= 0.3 is 0 Å². The molecule has 0 saturated carbocycles. The number of halogens is 1. The van der Waals surface area contributed by atoms with Crippen LogP contribution in [0, 0.1) is 13.8 Å². The Kier molecular flexibility index (Phi) is 5.19. The highest BCUT2D eigenvalue weighted by Crippen LogP contribution is 2.20. The summed E-state index contributed by atoms with van der Waals surface area (Å²) in [5.74, 6) is 0.246. The van der Waals surface area contributed by atoms with Crippen LogP contribution in [0.1, 0.15) is 23.4 Å².